The smallest absolute Gasteiger partial charge is 0.317 e. The number of nitrogens with one attached hydrogen (secondary N) is 1. The maximum absolute atomic E-state index is 13.5. The molecule has 0 fully saturated rings. The summed E-state index contributed by atoms with van der Waals surface area (Å²) < 4.78 is 29.5. The van der Waals surface area contributed by atoms with Crippen LogP contribution in [0.2, 0.25) is 0 Å². The number of para-hydroxylation sites is 1. The fourth-order valence-electron chi connectivity index (χ4n) is 3.05. The van der Waals surface area contributed by atoms with Crippen LogP contribution in [0.1, 0.15) is 11.1 Å². The summed E-state index contributed by atoms with van der Waals surface area (Å²) in [5.41, 5.74) is 2.19. The Morgan fingerprint density at radius 1 is 1.11 bits per heavy atom. The largest absolute Gasteiger partial charge is 0.493 e. The van der Waals surface area contributed by atoms with Gasteiger partial charge < -0.3 is 24.4 Å². The molecule has 7 heteroatoms. The van der Waals surface area contributed by atoms with Crippen LogP contribution < -0.4 is 19.5 Å². The average molecular weight is 374 g/mol. The van der Waals surface area contributed by atoms with E-state index in [0.717, 1.165) is 17.5 Å². The van der Waals surface area contributed by atoms with Gasteiger partial charge in [-0.1, -0.05) is 12.1 Å². The molecule has 0 saturated heterocycles. The monoisotopic (exact) mass is 374 g/mol. The molecule has 0 spiro atoms. The van der Waals surface area contributed by atoms with Gasteiger partial charge in [0.25, 0.3) is 0 Å². The van der Waals surface area contributed by atoms with Crippen LogP contribution in [0.4, 0.5) is 9.18 Å². The molecule has 0 aliphatic carbocycles. The number of methoxy groups -OCH3 is 2. The Hall–Kier alpha value is -2.96. The molecule has 1 aliphatic rings. The highest BCUT2D eigenvalue weighted by atomic mass is 19.1. The number of urea groups is 1. The standard InChI is InChI=1S/C20H23FN2O4/c1-25-18-11-14-7-9-23(13-15(14)12-19(18)26-2)20(24)22-8-10-27-17-6-4-3-5-16(17)21/h3-6,11-12H,7-10,13H2,1-2H3,(H,22,24). The Bertz CT molecular complexity index is 813. The van der Waals surface area contributed by atoms with Gasteiger partial charge in [0.05, 0.1) is 20.8 Å². The van der Waals surface area contributed by atoms with Gasteiger partial charge in [0.2, 0.25) is 0 Å². The van der Waals surface area contributed by atoms with Gasteiger partial charge in [-0.25, -0.2) is 9.18 Å². The van der Waals surface area contributed by atoms with Crippen LogP contribution in [0, 0.1) is 5.82 Å². The molecule has 2 aromatic carbocycles. The fourth-order valence-corrected chi connectivity index (χ4v) is 3.05. The number of hydrogen-bond acceptors (Lipinski definition) is 4. The van der Waals surface area contributed by atoms with E-state index in [9.17, 15) is 9.18 Å². The number of amides is 2. The van der Waals surface area contributed by atoms with Crippen LogP contribution in [0.5, 0.6) is 17.2 Å². The molecule has 2 amide bonds. The SMILES string of the molecule is COc1cc2c(cc1OC)CN(C(=O)NCCOc1ccccc1F)CC2. The minimum Gasteiger partial charge on any atom is -0.493 e. The average Bonchev–Trinajstić information content (AvgIpc) is 2.70. The maximum atomic E-state index is 13.5. The number of hydrogen-bond donors (Lipinski definition) is 1. The molecule has 1 N–H and O–H groups in total. The van der Waals surface area contributed by atoms with Crippen LogP contribution in [0.15, 0.2) is 36.4 Å². The van der Waals surface area contributed by atoms with Crippen LogP contribution in [-0.2, 0) is 13.0 Å². The van der Waals surface area contributed by atoms with Gasteiger partial charge in [0.1, 0.15) is 6.61 Å². The van der Waals surface area contributed by atoms with Crippen LogP contribution >= 0.6 is 0 Å². The van der Waals surface area contributed by atoms with Crippen LogP contribution in [0.3, 0.4) is 0 Å². The zero-order valence-electron chi connectivity index (χ0n) is 15.5. The van der Waals surface area contributed by atoms with Crippen molar-refractivity contribution in [1.82, 2.24) is 10.2 Å². The van der Waals surface area contributed by atoms with Crippen molar-refractivity contribution < 1.29 is 23.4 Å². The molecular formula is C20H23FN2O4. The third-order valence-electron chi connectivity index (χ3n) is 4.48. The van der Waals surface area contributed by atoms with E-state index in [1.807, 2.05) is 12.1 Å². The number of rotatable bonds is 6. The van der Waals surface area contributed by atoms with E-state index in [0.29, 0.717) is 31.1 Å². The van der Waals surface area contributed by atoms with Gasteiger partial charge in [0, 0.05) is 13.1 Å². The molecule has 27 heavy (non-hydrogen) atoms. The number of ether oxygens (including phenoxy) is 3. The molecule has 0 atom stereocenters. The summed E-state index contributed by atoms with van der Waals surface area (Å²) in [5.74, 6) is 1.11. The Kier molecular flexibility index (Phi) is 6.01. The molecule has 0 saturated carbocycles. The summed E-state index contributed by atoms with van der Waals surface area (Å²) in [5, 5.41) is 2.81. The van der Waals surface area contributed by atoms with E-state index >= 15 is 0 Å². The summed E-state index contributed by atoms with van der Waals surface area (Å²) in [4.78, 5) is 14.1. The number of benzene rings is 2. The first-order chi connectivity index (χ1) is 13.1. The molecule has 2 aromatic rings. The van der Waals surface area contributed by atoms with Crippen LogP contribution in [-0.4, -0.2) is 44.8 Å². The number of fused-ring (bicyclic) bond motifs is 1. The molecule has 1 aliphatic heterocycles. The van der Waals surface area contributed by atoms with Crippen molar-refractivity contribution in [2.75, 3.05) is 33.9 Å². The normalized spacial score (nSPS) is 12.9. The lowest BCUT2D eigenvalue weighted by molar-refractivity contribution is 0.189. The van der Waals surface area contributed by atoms with Crippen molar-refractivity contribution in [2.45, 2.75) is 13.0 Å². The first kappa shape index (κ1) is 18.8. The lowest BCUT2D eigenvalue weighted by Crippen LogP contribution is -2.43. The number of carbonyl (C=O) groups excluding carboxylic acids is 1. The summed E-state index contributed by atoms with van der Waals surface area (Å²) in [6, 6.07) is 9.89. The predicted octanol–water partition coefficient (Wildman–Crippen LogP) is 2.99. The number of halogens is 1. The summed E-state index contributed by atoms with van der Waals surface area (Å²) in [6.45, 7) is 1.60. The van der Waals surface area contributed by atoms with Gasteiger partial charge in [-0.2, -0.15) is 0 Å². The molecular weight excluding hydrogens is 351 g/mol. The molecule has 0 radical (unpaired) electrons. The third-order valence-corrected chi connectivity index (χ3v) is 4.48. The highest BCUT2D eigenvalue weighted by Gasteiger charge is 2.22. The highest BCUT2D eigenvalue weighted by Crippen LogP contribution is 2.33. The van der Waals surface area contributed by atoms with Gasteiger partial charge in [0.15, 0.2) is 23.1 Å². The van der Waals surface area contributed by atoms with Crippen molar-refractivity contribution in [3.8, 4) is 17.2 Å². The Labute approximate surface area is 157 Å². The predicted molar refractivity (Wildman–Crippen MR) is 99.0 cm³/mol. The van der Waals surface area contributed by atoms with E-state index in [4.69, 9.17) is 14.2 Å². The molecule has 3 rings (SSSR count). The summed E-state index contributed by atoms with van der Waals surface area (Å²) >= 11 is 0. The number of nitrogens with zero attached hydrogens (tertiary/aromatic N) is 1. The molecule has 1 heterocycles. The number of carbonyl (C=O) groups is 1. The fraction of sp³-hybridized carbons (Fsp3) is 0.350. The lowest BCUT2D eigenvalue weighted by Gasteiger charge is -2.29. The first-order valence-electron chi connectivity index (χ1n) is 8.76. The van der Waals surface area contributed by atoms with Crippen molar-refractivity contribution in [2.24, 2.45) is 0 Å². The minimum absolute atomic E-state index is 0.174. The molecule has 0 unspecified atom stereocenters. The maximum Gasteiger partial charge on any atom is 0.317 e. The van der Waals surface area contributed by atoms with E-state index < -0.39 is 5.82 Å². The topological polar surface area (TPSA) is 60.0 Å². The zero-order valence-corrected chi connectivity index (χ0v) is 15.5. The summed E-state index contributed by atoms with van der Waals surface area (Å²) in [6.07, 6.45) is 0.745. The van der Waals surface area contributed by atoms with Crippen molar-refractivity contribution in [1.29, 1.82) is 0 Å². The third kappa shape index (κ3) is 4.42. The van der Waals surface area contributed by atoms with Crippen molar-refractivity contribution in [3.05, 3.63) is 53.3 Å². The molecule has 144 valence electrons. The highest BCUT2D eigenvalue weighted by molar-refractivity contribution is 5.74. The van der Waals surface area contributed by atoms with E-state index in [1.54, 1.807) is 37.3 Å². The summed E-state index contributed by atoms with van der Waals surface area (Å²) in [7, 11) is 3.20. The second-order valence-corrected chi connectivity index (χ2v) is 6.16. The Morgan fingerprint density at radius 3 is 2.52 bits per heavy atom. The van der Waals surface area contributed by atoms with E-state index in [2.05, 4.69) is 5.32 Å². The zero-order chi connectivity index (χ0) is 19.2. The second-order valence-electron chi connectivity index (χ2n) is 6.16. The molecule has 0 bridgehead atoms. The quantitative estimate of drug-likeness (QED) is 0.790. The van der Waals surface area contributed by atoms with Gasteiger partial charge >= 0.3 is 6.03 Å². The van der Waals surface area contributed by atoms with Crippen molar-refractivity contribution in [3.63, 3.8) is 0 Å². The molecule has 0 aromatic heterocycles. The second kappa shape index (κ2) is 8.62. The van der Waals surface area contributed by atoms with Gasteiger partial charge in [-0.05, 0) is 41.8 Å². The first-order valence-corrected chi connectivity index (χ1v) is 8.76. The van der Waals surface area contributed by atoms with E-state index in [-0.39, 0.29) is 18.4 Å². The van der Waals surface area contributed by atoms with Gasteiger partial charge in [-0.15, -0.1) is 0 Å². The van der Waals surface area contributed by atoms with Crippen LogP contribution in [0.25, 0.3) is 0 Å². The van der Waals surface area contributed by atoms with Gasteiger partial charge in [-0.3, -0.25) is 0 Å². The minimum atomic E-state index is -0.416. The Morgan fingerprint density at radius 2 is 1.81 bits per heavy atom. The lowest BCUT2D eigenvalue weighted by atomic mass is 9.99. The Balaban J connectivity index is 1.52. The van der Waals surface area contributed by atoms with E-state index in [1.165, 1.54) is 6.07 Å². The molecule has 6 nitrogen and oxygen atoms in total. The van der Waals surface area contributed by atoms with Crippen molar-refractivity contribution >= 4 is 6.03 Å².